The molecular formula is C21H26N2O3. The van der Waals surface area contributed by atoms with Crippen molar-refractivity contribution in [1.29, 1.82) is 0 Å². The first-order valence-electron chi connectivity index (χ1n) is 8.56. The maximum atomic E-state index is 12.4. The van der Waals surface area contributed by atoms with Gasteiger partial charge in [-0.15, -0.1) is 0 Å². The number of carbonyl (C=O) groups is 2. The average Bonchev–Trinajstić information content (AvgIpc) is 2.57. The van der Waals surface area contributed by atoms with Gasteiger partial charge >= 0.3 is 5.97 Å². The Bertz CT molecular complexity index is 805. The number of rotatable bonds is 5. The molecule has 2 aromatic carbocycles. The number of aryl methyl sites for hydroxylation is 3. The highest BCUT2D eigenvalue weighted by molar-refractivity contribution is 5.98. The summed E-state index contributed by atoms with van der Waals surface area (Å²) in [6.45, 7) is 7.47. The molecule has 1 amide bonds. The van der Waals surface area contributed by atoms with Crippen molar-refractivity contribution in [2.75, 3.05) is 24.3 Å². The Morgan fingerprint density at radius 1 is 1.04 bits per heavy atom. The lowest BCUT2D eigenvalue weighted by Gasteiger charge is -2.17. The van der Waals surface area contributed by atoms with E-state index in [2.05, 4.69) is 5.32 Å². The smallest absolute Gasteiger partial charge is 0.338 e. The fourth-order valence-electron chi connectivity index (χ4n) is 2.80. The molecule has 0 bridgehead atoms. The molecule has 1 N–H and O–H groups in total. The second-order valence-corrected chi connectivity index (χ2v) is 6.76. The monoisotopic (exact) mass is 354 g/mol. The number of nitrogens with one attached hydrogen (secondary N) is 1. The van der Waals surface area contributed by atoms with Crippen molar-refractivity contribution in [3.8, 4) is 0 Å². The third kappa shape index (κ3) is 4.63. The van der Waals surface area contributed by atoms with Crippen LogP contribution in [0, 0.1) is 20.8 Å². The third-order valence-corrected chi connectivity index (χ3v) is 4.18. The van der Waals surface area contributed by atoms with E-state index in [9.17, 15) is 9.59 Å². The zero-order valence-corrected chi connectivity index (χ0v) is 16.2. The highest BCUT2D eigenvalue weighted by atomic mass is 16.5. The second kappa shape index (κ2) is 8.04. The standard InChI is InChI=1S/C21H26N2O3/c1-13-10-14(2)19(15(3)11-13)22-20(24)16(4)26-21(25)17-8-7-9-18(12-17)23(5)6/h7-12,16H,1-6H3,(H,22,24). The van der Waals surface area contributed by atoms with Crippen LogP contribution in [0.3, 0.4) is 0 Å². The molecule has 0 aliphatic carbocycles. The zero-order chi connectivity index (χ0) is 19.4. The Hall–Kier alpha value is -2.82. The number of anilines is 2. The van der Waals surface area contributed by atoms with Gasteiger partial charge in [-0.05, 0) is 57.0 Å². The van der Waals surface area contributed by atoms with E-state index < -0.39 is 12.1 Å². The molecule has 0 spiro atoms. The number of ether oxygens (including phenoxy) is 1. The van der Waals surface area contributed by atoms with Crippen LogP contribution in [-0.4, -0.2) is 32.1 Å². The van der Waals surface area contributed by atoms with Crippen molar-refractivity contribution in [2.24, 2.45) is 0 Å². The van der Waals surface area contributed by atoms with E-state index in [0.717, 1.165) is 28.1 Å². The van der Waals surface area contributed by atoms with E-state index in [4.69, 9.17) is 4.74 Å². The summed E-state index contributed by atoms with van der Waals surface area (Å²) in [6.07, 6.45) is -0.898. The molecule has 0 aliphatic heterocycles. The molecule has 0 heterocycles. The van der Waals surface area contributed by atoms with E-state index in [-0.39, 0.29) is 5.91 Å². The highest BCUT2D eigenvalue weighted by Gasteiger charge is 2.20. The largest absolute Gasteiger partial charge is 0.449 e. The number of amides is 1. The molecule has 0 fully saturated rings. The van der Waals surface area contributed by atoms with Gasteiger partial charge in [0.2, 0.25) is 0 Å². The van der Waals surface area contributed by atoms with Crippen LogP contribution in [0.2, 0.25) is 0 Å². The lowest BCUT2D eigenvalue weighted by atomic mass is 10.0. The summed E-state index contributed by atoms with van der Waals surface area (Å²) < 4.78 is 5.34. The molecule has 26 heavy (non-hydrogen) atoms. The van der Waals surface area contributed by atoms with Crippen LogP contribution >= 0.6 is 0 Å². The van der Waals surface area contributed by atoms with Crippen molar-refractivity contribution >= 4 is 23.3 Å². The molecule has 1 atom stereocenters. The molecule has 1 unspecified atom stereocenters. The zero-order valence-electron chi connectivity index (χ0n) is 16.2. The van der Waals surface area contributed by atoms with Crippen LogP contribution in [0.5, 0.6) is 0 Å². The lowest BCUT2D eigenvalue weighted by molar-refractivity contribution is -0.123. The minimum atomic E-state index is -0.898. The highest BCUT2D eigenvalue weighted by Crippen LogP contribution is 2.22. The Labute approximate surface area is 155 Å². The first kappa shape index (κ1) is 19.5. The minimum Gasteiger partial charge on any atom is -0.449 e. The predicted molar refractivity (Wildman–Crippen MR) is 105 cm³/mol. The van der Waals surface area contributed by atoms with Crippen LogP contribution in [0.25, 0.3) is 0 Å². The lowest BCUT2D eigenvalue weighted by Crippen LogP contribution is -2.30. The number of nitrogens with zero attached hydrogens (tertiary/aromatic N) is 1. The minimum absolute atomic E-state index is 0.350. The molecule has 0 radical (unpaired) electrons. The van der Waals surface area contributed by atoms with Crippen LogP contribution < -0.4 is 10.2 Å². The Kier molecular flexibility index (Phi) is 6.03. The third-order valence-electron chi connectivity index (χ3n) is 4.18. The van der Waals surface area contributed by atoms with Gasteiger partial charge in [0.1, 0.15) is 0 Å². The van der Waals surface area contributed by atoms with E-state index in [1.165, 1.54) is 0 Å². The van der Waals surface area contributed by atoms with Gasteiger partial charge in [0.15, 0.2) is 6.10 Å². The summed E-state index contributed by atoms with van der Waals surface area (Å²) in [7, 11) is 3.79. The number of esters is 1. The first-order valence-corrected chi connectivity index (χ1v) is 8.56. The van der Waals surface area contributed by atoms with Gasteiger partial charge in [0, 0.05) is 25.5 Å². The number of benzene rings is 2. The molecule has 2 rings (SSSR count). The summed E-state index contributed by atoms with van der Waals surface area (Å²) >= 11 is 0. The van der Waals surface area contributed by atoms with Crippen molar-refractivity contribution in [1.82, 2.24) is 0 Å². The Morgan fingerprint density at radius 3 is 2.23 bits per heavy atom. The van der Waals surface area contributed by atoms with Gasteiger partial charge in [-0.1, -0.05) is 23.8 Å². The van der Waals surface area contributed by atoms with Crippen molar-refractivity contribution in [3.63, 3.8) is 0 Å². The maximum absolute atomic E-state index is 12.4. The fourth-order valence-corrected chi connectivity index (χ4v) is 2.80. The van der Waals surface area contributed by atoms with E-state index >= 15 is 0 Å². The number of hydrogen-bond donors (Lipinski definition) is 1. The fraction of sp³-hybridized carbons (Fsp3) is 0.333. The summed E-state index contributed by atoms with van der Waals surface area (Å²) in [5.41, 5.74) is 5.17. The van der Waals surface area contributed by atoms with Gasteiger partial charge in [0.05, 0.1) is 5.56 Å². The number of hydrogen-bond acceptors (Lipinski definition) is 4. The predicted octanol–water partition coefficient (Wildman–Crippen LogP) is 3.86. The number of carbonyl (C=O) groups excluding carboxylic acids is 2. The van der Waals surface area contributed by atoms with E-state index in [1.807, 2.05) is 58.0 Å². The average molecular weight is 354 g/mol. The van der Waals surface area contributed by atoms with E-state index in [0.29, 0.717) is 5.56 Å². The van der Waals surface area contributed by atoms with Crippen LogP contribution in [0.4, 0.5) is 11.4 Å². The summed E-state index contributed by atoms with van der Waals surface area (Å²) in [4.78, 5) is 26.7. The molecule has 5 heteroatoms. The molecule has 0 saturated carbocycles. The SMILES string of the molecule is Cc1cc(C)c(NC(=O)C(C)OC(=O)c2cccc(N(C)C)c2)c(C)c1. The molecular weight excluding hydrogens is 328 g/mol. The summed E-state index contributed by atoms with van der Waals surface area (Å²) in [6, 6.07) is 11.1. The Balaban J connectivity index is 2.07. The normalized spacial score (nSPS) is 11.6. The van der Waals surface area contributed by atoms with E-state index in [1.54, 1.807) is 25.1 Å². The summed E-state index contributed by atoms with van der Waals surface area (Å²) in [5, 5.41) is 2.87. The topological polar surface area (TPSA) is 58.6 Å². The van der Waals surface area contributed by atoms with Crippen LogP contribution in [0.1, 0.15) is 34.0 Å². The van der Waals surface area contributed by atoms with Gasteiger partial charge in [-0.2, -0.15) is 0 Å². The van der Waals surface area contributed by atoms with Gasteiger partial charge in [-0.3, -0.25) is 4.79 Å². The summed E-state index contributed by atoms with van der Waals surface area (Å²) in [5.74, 6) is -0.870. The molecule has 2 aromatic rings. The van der Waals surface area contributed by atoms with Gasteiger partial charge in [-0.25, -0.2) is 4.79 Å². The maximum Gasteiger partial charge on any atom is 0.338 e. The molecule has 138 valence electrons. The Morgan fingerprint density at radius 2 is 1.65 bits per heavy atom. The van der Waals surface area contributed by atoms with Crippen molar-refractivity contribution in [3.05, 3.63) is 58.7 Å². The molecule has 0 aliphatic rings. The first-order chi connectivity index (χ1) is 12.2. The van der Waals surface area contributed by atoms with Crippen LogP contribution in [-0.2, 0) is 9.53 Å². The molecule has 5 nitrogen and oxygen atoms in total. The molecule has 0 aromatic heterocycles. The second-order valence-electron chi connectivity index (χ2n) is 6.76. The van der Waals surface area contributed by atoms with Crippen molar-refractivity contribution < 1.29 is 14.3 Å². The quantitative estimate of drug-likeness (QED) is 0.828. The van der Waals surface area contributed by atoms with Gasteiger partial charge < -0.3 is 15.0 Å². The van der Waals surface area contributed by atoms with Crippen molar-refractivity contribution in [2.45, 2.75) is 33.8 Å². The van der Waals surface area contributed by atoms with Gasteiger partial charge in [0.25, 0.3) is 5.91 Å². The molecule has 0 saturated heterocycles. The van der Waals surface area contributed by atoms with Crippen LogP contribution in [0.15, 0.2) is 36.4 Å².